The highest BCUT2D eigenvalue weighted by atomic mass is 16.6. The van der Waals surface area contributed by atoms with Crippen molar-refractivity contribution in [1.82, 2.24) is 0 Å². The number of carbonyl (C=O) groups is 1. The lowest BCUT2D eigenvalue weighted by Crippen LogP contribution is -2.05. The molecule has 0 fully saturated rings. The number of ether oxygens (including phenoxy) is 4. The number of hydrogen-bond acceptors (Lipinski definition) is 6. The second kappa shape index (κ2) is 8.75. The minimum absolute atomic E-state index is 0.191. The molecule has 1 heterocycles. The van der Waals surface area contributed by atoms with Crippen molar-refractivity contribution in [2.75, 3.05) is 21.3 Å². The summed E-state index contributed by atoms with van der Waals surface area (Å²) in [4.78, 5) is 16.8. The van der Waals surface area contributed by atoms with Crippen LogP contribution < -0.4 is 14.2 Å². The Balaban J connectivity index is 1.64. The zero-order chi connectivity index (χ0) is 21.8. The number of esters is 1. The number of methoxy groups -OCH3 is 3. The first-order valence-corrected chi connectivity index (χ1v) is 9.61. The lowest BCUT2D eigenvalue weighted by Gasteiger charge is -2.12. The molecule has 31 heavy (non-hydrogen) atoms. The van der Waals surface area contributed by atoms with Gasteiger partial charge in [-0.25, -0.2) is 9.79 Å². The van der Waals surface area contributed by atoms with Crippen molar-refractivity contribution in [3.05, 3.63) is 83.6 Å². The quantitative estimate of drug-likeness (QED) is 0.430. The van der Waals surface area contributed by atoms with Crippen LogP contribution in [0.1, 0.15) is 11.1 Å². The average Bonchev–Trinajstić information content (AvgIpc) is 3.19. The minimum atomic E-state index is -0.518. The Morgan fingerprint density at radius 3 is 1.94 bits per heavy atom. The van der Waals surface area contributed by atoms with Gasteiger partial charge in [-0.3, -0.25) is 0 Å². The molecular formula is C25H21NO5. The molecule has 6 nitrogen and oxygen atoms in total. The van der Waals surface area contributed by atoms with Crippen molar-refractivity contribution in [2.24, 2.45) is 4.99 Å². The SMILES string of the molecule is COc1cc(C=C2N=C(c3ccc(-c4ccccc4)cc3)OC2=O)cc(OC)c1OC. The molecule has 0 radical (unpaired) electrons. The summed E-state index contributed by atoms with van der Waals surface area (Å²) in [6.45, 7) is 0. The third-order valence-electron chi connectivity index (χ3n) is 4.85. The molecule has 0 atom stereocenters. The Hall–Kier alpha value is -4.06. The third-order valence-corrected chi connectivity index (χ3v) is 4.85. The summed E-state index contributed by atoms with van der Waals surface area (Å²) in [7, 11) is 4.60. The zero-order valence-corrected chi connectivity index (χ0v) is 17.4. The summed E-state index contributed by atoms with van der Waals surface area (Å²) in [5.74, 6) is 1.20. The van der Waals surface area contributed by atoms with Gasteiger partial charge in [0.2, 0.25) is 11.6 Å². The predicted octanol–water partition coefficient (Wildman–Crippen LogP) is 4.72. The zero-order valence-electron chi connectivity index (χ0n) is 17.4. The summed E-state index contributed by atoms with van der Waals surface area (Å²) in [6, 6.07) is 21.2. The second-order valence-electron chi connectivity index (χ2n) is 6.74. The largest absolute Gasteiger partial charge is 0.493 e. The minimum Gasteiger partial charge on any atom is -0.493 e. The Morgan fingerprint density at radius 1 is 0.774 bits per heavy atom. The Morgan fingerprint density at radius 2 is 1.35 bits per heavy atom. The van der Waals surface area contributed by atoms with Crippen LogP contribution in [0.15, 0.2) is 77.4 Å². The Labute approximate surface area is 180 Å². The van der Waals surface area contributed by atoms with Crippen LogP contribution in [0.2, 0.25) is 0 Å². The van der Waals surface area contributed by atoms with Crippen molar-refractivity contribution in [2.45, 2.75) is 0 Å². The van der Waals surface area contributed by atoms with E-state index in [1.807, 2.05) is 54.6 Å². The first-order chi connectivity index (χ1) is 15.1. The number of cyclic esters (lactones) is 1. The van der Waals surface area contributed by atoms with Gasteiger partial charge in [0.05, 0.1) is 21.3 Å². The molecule has 3 aromatic rings. The van der Waals surface area contributed by atoms with E-state index in [0.717, 1.165) is 16.7 Å². The fraction of sp³-hybridized carbons (Fsp3) is 0.120. The predicted molar refractivity (Wildman–Crippen MR) is 119 cm³/mol. The monoisotopic (exact) mass is 415 g/mol. The highest BCUT2D eigenvalue weighted by Gasteiger charge is 2.24. The molecule has 0 aromatic heterocycles. The maximum Gasteiger partial charge on any atom is 0.363 e. The van der Waals surface area contributed by atoms with Crippen molar-refractivity contribution >= 4 is 17.9 Å². The van der Waals surface area contributed by atoms with E-state index in [4.69, 9.17) is 18.9 Å². The smallest absolute Gasteiger partial charge is 0.363 e. The van der Waals surface area contributed by atoms with E-state index in [1.54, 1.807) is 18.2 Å². The van der Waals surface area contributed by atoms with Crippen molar-refractivity contribution in [3.63, 3.8) is 0 Å². The molecular weight excluding hydrogens is 394 g/mol. The van der Waals surface area contributed by atoms with Gasteiger partial charge in [0, 0.05) is 5.56 Å². The number of hydrogen-bond donors (Lipinski definition) is 0. The van der Waals surface area contributed by atoms with Crippen LogP contribution >= 0.6 is 0 Å². The number of rotatable bonds is 6. The van der Waals surface area contributed by atoms with Gasteiger partial charge in [-0.2, -0.15) is 0 Å². The molecule has 0 aliphatic carbocycles. The molecule has 0 saturated carbocycles. The van der Waals surface area contributed by atoms with Crippen LogP contribution in [0.5, 0.6) is 17.2 Å². The number of benzene rings is 3. The molecule has 0 spiro atoms. The van der Waals surface area contributed by atoms with Crippen LogP contribution in [-0.2, 0) is 9.53 Å². The summed E-state index contributed by atoms with van der Waals surface area (Å²) >= 11 is 0. The first kappa shape index (κ1) is 20.2. The van der Waals surface area contributed by atoms with Crippen LogP contribution in [0.4, 0.5) is 0 Å². The van der Waals surface area contributed by atoms with Gasteiger partial charge in [-0.05, 0) is 47.0 Å². The van der Waals surface area contributed by atoms with Gasteiger partial charge in [-0.15, -0.1) is 0 Å². The number of carbonyl (C=O) groups excluding carboxylic acids is 1. The second-order valence-corrected chi connectivity index (χ2v) is 6.74. The van der Waals surface area contributed by atoms with Gasteiger partial charge in [0.25, 0.3) is 0 Å². The van der Waals surface area contributed by atoms with Gasteiger partial charge in [-0.1, -0.05) is 42.5 Å². The fourth-order valence-electron chi connectivity index (χ4n) is 3.31. The molecule has 1 aliphatic heterocycles. The Bertz CT molecular complexity index is 1140. The molecule has 0 N–H and O–H groups in total. The topological polar surface area (TPSA) is 66.4 Å². The van der Waals surface area contributed by atoms with Crippen LogP contribution in [0.25, 0.3) is 17.2 Å². The van der Waals surface area contributed by atoms with Gasteiger partial charge in [0.15, 0.2) is 17.2 Å². The van der Waals surface area contributed by atoms with Crippen molar-refractivity contribution < 1.29 is 23.7 Å². The summed E-state index contributed by atoms with van der Waals surface area (Å²) in [5.41, 5.74) is 3.77. The molecule has 3 aromatic carbocycles. The first-order valence-electron chi connectivity index (χ1n) is 9.61. The Kier molecular flexibility index (Phi) is 5.71. The summed E-state index contributed by atoms with van der Waals surface area (Å²) < 4.78 is 21.4. The van der Waals surface area contributed by atoms with Gasteiger partial charge in [0.1, 0.15) is 0 Å². The average molecular weight is 415 g/mol. The molecule has 0 unspecified atom stereocenters. The lowest BCUT2D eigenvalue weighted by atomic mass is 10.0. The molecule has 1 aliphatic rings. The van der Waals surface area contributed by atoms with Gasteiger partial charge < -0.3 is 18.9 Å². The van der Waals surface area contributed by atoms with Crippen LogP contribution in [0, 0.1) is 0 Å². The van der Waals surface area contributed by atoms with E-state index >= 15 is 0 Å². The van der Waals surface area contributed by atoms with E-state index in [1.165, 1.54) is 21.3 Å². The highest BCUT2D eigenvalue weighted by molar-refractivity contribution is 6.13. The van der Waals surface area contributed by atoms with E-state index in [2.05, 4.69) is 4.99 Å². The highest BCUT2D eigenvalue weighted by Crippen LogP contribution is 2.39. The summed E-state index contributed by atoms with van der Waals surface area (Å²) in [6.07, 6.45) is 1.62. The molecule has 4 rings (SSSR count). The fourth-order valence-corrected chi connectivity index (χ4v) is 3.31. The molecule has 0 saturated heterocycles. The third kappa shape index (κ3) is 4.14. The van der Waals surface area contributed by atoms with Crippen LogP contribution in [-0.4, -0.2) is 33.2 Å². The summed E-state index contributed by atoms with van der Waals surface area (Å²) in [5, 5.41) is 0. The normalized spacial score (nSPS) is 14.2. The van der Waals surface area contributed by atoms with Crippen molar-refractivity contribution in [3.8, 4) is 28.4 Å². The molecule has 6 heteroatoms. The number of nitrogens with zero attached hydrogens (tertiary/aromatic N) is 1. The lowest BCUT2D eigenvalue weighted by molar-refractivity contribution is -0.129. The van der Waals surface area contributed by atoms with Gasteiger partial charge >= 0.3 is 5.97 Å². The number of aliphatic imine (C=N–C) groups is 1. The maximum absolute atomic E-state index is 12.4. The molecule has 0 amide bonds. The van der Waals surface area contributed by atoms with E-state index < -0.39 is 5.97 Å². The van der Waals surface area contributed by atoms with E-state index in [-0.39, 0.29) is 11.6 Å². The van der Waals surface area contributed by atoms with E-state index in [9.17, 15) is 4.79 Å². The van der Waals surface area contributed by atoms with E-state index in [0.29, 0.717) is 22.8 Å². The maximum atomic E-state index is 12.4. The van der Waals surface area contributed by atoms with Crippen molar-refractivity contribution in [1.29, 1.82) is 0 Å². The molecule has 0 bridgehead atoms. The standard InChI is InChI=1S/C25H21NO5/c1-28-21-14-16(15-22(29-2)23(21)30-3)13-20-25(27)31-24(26-20)19-11-9-18(10-12-19)17-7-5-4-6-8-17/h4-15H,1-3H3. The molecule has 156 valence electrons. The van der Waals surface area contributed by atoms with Crippen LogP contribution in [0.3, 0.4) is 0 Å².